The second-order valence-corrected chi connectivity index (χ2v) is 8.81. The molecule has 2 amide bonds. The molecule has 2 aliphatic heterocycles. The van der Waals surface area contributed by atoms with E-state index in [0.717, 1.165) is 51.7 Å². The largest absolute Gasteiger partial charge is 0.465 e. The molecule has 2 atom stereocenters. The summed E-state index contributed by atoms with van der Waals surface area (Å²) in [5.74, 6) is 1.19. The van der Waals surface area contributed by atoms with Gasteiger partial charge in [-0.1, -0.05) is 0 Å². The van der Waals surface area contributed by atoms with Gasteiger partial charge in [-0.05, 0) is 46.1 Å². The number of Topliss-reactive ketones (excluding diaryl/α,β-unsaturated/α-hetero) is 1. The zero-order valence-corrected chi connectivity index (χ0v) is 17.5. The Kier molecular flexibility index (Phi) is 5.76. The van der Waals surface area contributed by atoms with E-state index in [0.29, 0.717) is 42.0 Å². The summed E-state index contributed by atoms with van der Waals surface area (Å²) in [6.07, 6.45) is 5.68. The summed E-state index contributed by atoms with van der Waals surface area (Å²) in [7, 11) is 2.00. The van der Waals surface area contributed by atoms with E-state index < -0.39 is 0 Å². The fourth-order valence-corrected chi connectivity index (χ4v) is 5.07. The van der Waals surface area contributed by atoms with Gasteiger partial charge < -0.3 is 19.5 Å². The molecule has 2 saturated heterocycles. The smallest absolute Gasteiger partial charge is 0.255 e. The zero-order chi connectivity index (χ0) is 20.5. The van der Waals surface area contributed by atoms with Crippen LogP contribution in [0.3, 0.4) is 0 Å². The number of fused-ring (bicyclic) bond motifs is 1. The molecular formula is C22H31N3O4. The molecule has 1 N–H and O–H groups in total. The van der Waals surface area contributed by atoms with E-state index in [4.69, 9.17) is 4.42 Å². The summed E-state index contributed by atoms with van der Waals surface area (Å²) in [5, 5.41) is 3.11. The van der Waals surface area contributed by atoms with Gasteiger partial charge >= 0.3 is 0 Å². The lowest BCUT2D eigenvalue weighted by Crippen LogP contribution is -2.42. The molecule has 1 aromatic rings. The lowest BCUT2D eigenvalue weighted by Gasteiger charge is -2.24. The number of likely N-dealkylation sites (tertiary alicyclic amines) is 2. The third-order valence-electron chi connectivity index (χ3n) is 6.50. The fraction of sp³-hybridized carbons (Fsp3) is 0.682. The van der Waals surface area contributed by atoms with Crippen molar-refractivity contribution in [1.29, 1.82) is 0 Å². The first-order valence-corrected chi connectivity index (χ1v) is 10.9. The number of hydrogen-bond donors (Lipinski definition) is 1. The van der Waals surface area contributed by atoms with E-state index in [9.17, 15) is 14.4 Å². The van der Waals surface area contributed by atoms with Gasteiger partial charge in [0.2, 0.25) is 5.91 Å². The van der Waals surface area contributed by atoms with Gasteiger partial charge in [-0.15, -0.1) is 0 Å². The summed E-state index contributed by atoms with van der Waals surface area (Å²) in [6, 6.07) is -0.0486. The number of carbonyl (C=O) groups excluding carboxylic acids is 3. The Hall–Kier alpha value is -2.15. The van der Waals surface area contributed by atoms with Crippen LogP contribution in [0, 0.1) is 12.8 Å². The molecule has 0 spiro atoms. The maximum atomic E-state index is 13.0. The number of nitrogens with one attached hydrogen (secondary N) is 1. The lowest BCUT2D eigenvalue weighted by molar-refractivity contribution is -0.135. The number of amides is 2. The van der Waals surface area contributed by atoms with E-state index >= 15 is 0 Å². The Morgan fingerprint density at radius 1 is 1.07 bits per heavy atom. The van der Waals surface area contributed by atoms with Gasteiger partial charge in [-0.3, -0.25) is 14.4 Å². The fourth-order valence-electron chi connectivity index (χ4n) is 5.07. The number of aryl methyl sites for hydroxylation is 2. The number of likely N-dealkylation sites (N-methyl/N-ethyl adjacent to an activating group) is 1. The monoisotopic (exact) mass is 401 g/mol. The molecule has 1 aliphatic carbocycles. The predicted octanol–water partition coefficient (Wildman–Crippen LogP) is 2.17. The molecule has 0 aromatic carbocycles. The molecule has 158 valence electrons. The first-order chi connectivity index (χ1) is 13.9. The number of carbonyl (C=O) groups is 3. The Bertz CT molecular complexity index is 809. The van der Waals surface area contributed by atoms with Crippen LogP contribution in [0.1, 0.15) is 70.8 Å². The molecule has 3 heterocycles. The molecule has 0 unspecified atom stereocenters. The minimum Gasteiger partial charge on any atom is -0.465 e. The Morgan fingerprint density at radius 2 is 1.83 bits per heavy atom. The van der Waals surface area contributed by atoms with Crippen LogP contribution in [0.4, 0.5) is 0 Å². The maximum absolute atomic E-state index is 13.0. The van der Waals surface area contributed by atoms with Crippen molar-refractivity contribution in [3.8, 4) is 0 Å². The Balaban J connectivity index is 1.44. The van der Waals surface area contributed by atoms with Gasteiger partial charge in [0.1, 0.15) is 11.5 Å². The van der Waals surface area contributed by atoms with E-state index in [1.54, 1.807) is 6.92 Å². The van der Waals surface area contributed by atoms with Crippen molar-refractivity contribution >= 4 is 17.6 Å². The van der Waals surface area contributed by atoms with Crippen LogP contribution in [-0.4, -0.2) is 66.7 Å². The zero-order valence-electron chi connectivity index (χ0n) is 17.5. The van der Waals surface area contributed by atoms with Crippen molar-refractivity contribution in [3.05, 3.63) is 22.6 Å². The molecule has 7 heteroatoms. The third-order valence-corrected chi connectivity index (χ3v) is 6.50. The van der Waals surface area contributed by atoms with Crippen molar-refractivity contribution in [2.45, 2.75) is 57.9 Å². The summed E-state index contributed by atoms with van der Waals surface area (Å²) in [5.41, 5.74) is 0.886. The van der Waals surface area contributed by atoms with E-state index in [-0.39, 0.29) is 29.6 Å². The summed E-state index contributed by atoms with van der Waals surface area (Å²) >= 11 is 0. The highest BCUT2D eigenvalue weighted by atomic mass is 16.3. The van der Waals surface area contributed by atoms with Crippen molar-refractivity contribution in [2.75, 3.05) is 33.2 Å². The molecule has 29 heavy (non-hydrogen) atoms. The topological polar surface area (TPSA) is 82.9 Å². The second-order valence-electron chi connectivity index (χ2n) is 8.81. The van der Waals surface area contributed by atoms with Gasteiger partial charge in [0.05, 0.1) is 17.0 Å². The third kappa shape index (κ3) is 4.10. The van der Waals surface area contributed by atoms with Crippen LogP contribution >= 0.6 is 0 Å². The quantitative estimate of drug-likeness (QED) is 0.839. The van der Waals surface area contributed by atoms with Crippen molar-refractivity contribution in [3.63, 3.8) is 0 Å². The van der Waals surface area contributed by atoms with Crippen LogP contribution in [0.5, 0.6) is 0 Å². The molecule has 4 rings (SSSR count). The van der Waals surface area contributed by atoms with E-state index in [2.05, 4.69) is 10.2 Å². The molecule has 1 aromatic heterocycles. The molecule has 7 nitrogen and oxygen atoms in total. The maximum Gasteiger partial charge on any atom is 0.255 e. The first-order valence-electron chi connectivity index (χ1n) is 10.9. The van der Waals surface area contributed by atoms with Crippen LogP contribution in [0.25, 0.3) is 0 Å². The molecule has 0 bridgehead atoms. The highest BCUT2D eigenvalue weighted by Gasteiger charge is 2.34. The summed E-state index contributed by atoms with van der Waals surface area (Å²) in [6.45, 7) is 4.92. The molecular weight excluding hydrogens is 370 g/mol. The number of nitrogens with zero attached hydrogens (tertiary/aromatic N) is 2. The molecule has 2 fully saturated rings. The normalized spacial score (nSPS) is 25.6. The number of rotatable bonds is 3. The average molecular weight is 402 g/mol. The highest BCUT2D eigenvalue weighted by Crippen LogP contribution is 2.30. The minimum atomic E-state index is -0.231. The van der Waals surface area contributed by atoms with Gasteiger partial charge in [-0.2, -0.15) is 0 Å². The van der Waals surface area contributed by atoms with Crippen molar-refractivity contribution in [2.24, 2.45) is 5.92 Å². The van der Waals surface area contributed by atoms with Crippen LogP contribution in [-0.2, 0) is 11.2 Å². The first kappa shape index (κ1) is 20.1. The van der Waals surface area contributed by atoms with Crippen LogP contribution in [0.15, 0.2) is 4.42 Å². The predicted molar refractivity (Wildman–Crippen MR) is 108 cm³/mol. The highest BCUT2D eigenvalue weighted by molar-refractivity contribution is 6.10. The lowest BCUT2D eigenvalue weighted by atomic mass is 9.93. The van der Waals surface area contributed by atoms with E-state index in [1.807, 2.05) is 11.9 Å². The number of furan rings is 1. The van der Waals surface area contributed by atoms with Crippen LogP contribution < -0.4 is 5.32 Å². The SMILES string of the molecule is Cc1oc2c(c1C(=O)N[C@H]1CC[C@@H](C(=O)N3CCCC3)CN(C)C1)C(=O)CCC2. The van der Waals surface area contributed by atoms with Gasteiger partial charge in [0.25, 0.3) is 5.91 Å². The number of hydrogen-bond acceptors (Lipinski definition) is 5. The van der Waals surface area contributed by atoms with Crippen molar-refractivity contribution < 1.29 is 18.8 Å². The van der Waals surface area contributed by atoms with Gasteiger partial charge in [0, 0.05) is 45.1 Å². The van der Waals surface area contributed by atoms with E-state index in [1.165, 1.54) is 0 Å². The summed E-state index contributed by atoms with van der Waals surface area (Å²) < 4.78 is 5.73. The molecule has 3 aliphatic rings. The van der Waals surface area contributed by atoms with Crippen molar-refractivity contribution in [1.82, 2.24) is 15.1 Å². The Morgan fingerprint density at radius 3 is 2.59 bits per heavy atom. The van der Waals surface area contributed by atoms with Crippen LogP contribution in [0.2, 0.25) is 0 Å². The minimum absolute atomic E-state index is 0.00232. The average Bonchev–Trinajstić information content (AvgIpc) is 3.28. The standard InChI is InChI=1S/C22H31N3O4/c1-14-19(20-17(26)6-5-7-18(20)29-14)21(27)23-16-9-8-15(12-24(2)13-16)22(28)25-10-3-4-11-25/h15-16H,3-13H2,1-2H3,(H,23,27)/t15-,16+/m1/s1. The molecule has 0 radical (unpaired) electrons. The number of ketones is 1. The second kappa shape index (κ2) is 8.30. The van der Waals surface area contributed by atoms with Gasteiger partial charge in [0.15, 0.2) is 5.78 Å². The molecule has 0 saturated carbocycles. The summed E-state index contributed by atoms with van der Waals surface area (Å²) in [4.78, 5) is 42.4. The van der Waals surface area contributed by atoms with Gasteiger partial charge in [-0.25, -0.2) is 0 Å². The Labute approximate surface area is 171 Å².